The van der Waals surface area contributed by atoms with Crippen LogP contribution in [0.3, 0.4) is 0 Å². The zero-order valence-electron chi connectivity index (χ0n) is 10.0. The van der Waals surface area contributed by atoms with E-state index in [9.17, 15) is 9.90 Å². The molecule has 6 nitrogen and oxygen atoms in total. The van der Waals surface area contributed by atoms with Crippen LogP contribution in [-0.4, -0.2) is 41.5 Å². The minimum atomic E-state index is -1.01. The summed E-state index contributed by atoms with van der Waals surface area (Å²) >= 11 is 0. The average Bonchev–Trinajstić information content (AvgIpc) is 2.34. The molecule has 2 unspecified atom stereocenters. The lowest BCUT2D eigenvalue weighted by Crippen LogP contribution is -2.48. The van der Waals surface area contributed by atoms with E-state index in [1.807, 2.05) is 0 Å². The number of nitrogens with zero attached hydrogens (tertiary/aromatic N) is 1. The molecular weight excluding hydrogens is 236 g/mol. The lowest BCUT2D eigenvalue weighted by atomic mass is 10.1. The molecule has 1 aromatic carbocycles. The quantitative estimate of drug-likeness (QED) is 0.644. The monoisotopic (exact) mass is 252 g/mol. The van der Waals surface area contributed by atoms with Gasteiger partial charge in [-0.15, -0.1) is 0 Å². The van der Waals surface area contributed by atoms with Crippen LogP contribution in [0.15, 0.2) is 18.2 Å². The van der Waals surface area contributed by atoms with Crippen LogP contribution in [0.25, 0.3) is 0 Å². The van der Waals surface area contributed by atoms with Crippen molar-refractivity contribution in [1.29, 1.82) is 0 Å². The molecule has 1 aliphatic heterocycles. The number of hydrogen-bond acceptors (Lipinski definition) is 5. The Hall–Kier alpha value is -1.79. The number of hydrogen-bond donors (Lipinski definition) is 3. The smallest absolute Gasteiger partial charge is 0.268 e. The van der Waals surface area contributed by atoms with Gasteiger partial charge in [0.1, 0.15) is 11.4 Å². The summed E-state index contributed by atoms with van der Waals surface area (Å²) in [6, 6.07) is 5.11. The van der Waals surface area contributed by atoms with Crippen LogP contribution in [0.4, 0.5) is 11.4 Å². The largest absolute Gasteiger partial charge is 0.479 e. The second-order valence-electron chi connectivity index (χ2n) is 4.24. The molecule has 2 rings (SSSR count). The number of ether oxygens (including phenoxy) is 1. The van der Waals surface area contributed by atoms with E-state index in [1.54, 1.807) is 25.1 Å². The van der Waals surface area contributed by atoms with Gasteiger partial charge >= 0.3 is 0 Å². The second kappa shape index (κ2) is 4.83. The maximum Gasteiger partial charge on any atom is 0.268 e. The van der Waals surface area contributed by atoms with Crippen molar-refractivity contribution in [2.45, 2.75) is 19.1 Å². The van der Waals surface area contributed by atoms with E-state index in [1.165, 1.54) is 4.90 Å². The van der Waals surface area contributed by atoms with Crippen molar-refractivity contribution < 1.29 is 19.7 Å². The third-order valence-corrected chi connectivity index (χ3v) is 2.82. The zero-order chi connectivity index (χ0) is 13.3. The topological polar surface area (TPSA) is 96.0 Å². The van der Waals surface area contributed by atoms with E-state index < -0.39 is 18.8 Å². The predicted molar refractivity (Wildman–Crippen MR) is 66.4 cm³/mol. The Labute approximate surface area is 105 Å². The van der Waals surface area contributed by atoms with Crippen LogP contribution in [0.1, 0.15) is 6.92 Å². The fourth-order valence-corrected chi connectivity index (χ4v) is 1.94. The molecule has 0 spiro atoms. The number of benzene rings is 1. The molecule has 0 saturated heterocycles. The zero-order valence-corrected chi connectivity index (χ0v) is 10.0. The van der Waals surface area contributed by atoms with Crippen LogP contribution in [0, 0.1) is 0 Å². The number of rotatable bonds is 3. The van der Waals surface area contributed by atoms with Crippen molar-refractivity contribution in [1.82, 2.24) is 0 Å². The Morgan fingerprint density at radius 2 is 2.28 bits per heavy atom. The molecule has 6 heteroatoms. The molecule has 4 N–H and O–H groups in total. The van der Waals surface area contributed by atoms with Crippen LogP contribution in [-0.2, 0) is 4.79 Å². The number of nitrogen functional groups attached to an aromatic ring is 1. The molecule has 1 aliphatic rings. The highest BCUT2D eigenvalue weighted by atomic mass is 16.5. The summed E-state index contributed by atoms with van der Waals surface area (Å²) in [5.41, 5.74) is 6.69. The Morgan fingerprint density at radius 3 is 2.94 bits per heavy atom. The van der Waals surface area contributed by atoms with Crippen molar-refractivity contribution in [2.75, 3.05) is 23.8 Å². The minimum absolute atomic E-state index is 0.00968. The van der Waals surface area contributed by atoms with E-state index in [2.05, 4.69) is 0 Å². The van der Waals surface area contributed by atoms with Crippen molar-refractivity contribution >= 4 is 17.3 Å². The number of β-amino-alcohol motifs (C(OH)–C–C–N with tert-alkyl or cyclic N) is 1. The molecule has 1 amide bonds. The summed E-state index contributed by atoms with van der Waals surface area (Å²) in [5, 5.41) is 18.4. The maximum atomic E-state index is 12.0. The van der Waals surface area contributed by atoms with E-state index in [0.29, 0.717) is 17.1 Å². The Kier molecular flexibility index (Phi) is 3.40. The maximum absolute atomic E-state index is 12.0. The number of anilines is 2. The molecule has 0 fully saturated rings. The van der Waals surface area contributed by atoms with Gasteiger partial charge < -0.3 is 25.6 Å². The van der Waals surface area contributed by atoms with Gasteiger partial charge in [0.25, 0.3) is 5.91 Å². The first-order valence-electron chi connectivity index (χ1n) is 5.70. The van der Waals surface area contributed by atoms with Crippen molar-refractivity contribution in [3.63, 3.8) is 0 Å². The number of carbonyl (C=O) groups excluding carboxylic acids is 1. The molecule has 98 valence electrons. The van der Waals surface area contributed by atoms with Gasteiger partial charge in [-0.2, -0.15) is 0 Å². The van der Waals surface area contributed by atoms with Crippen molar-refractivity contribution in [3.05, 3.63) is 18.2 Å². The number of carbonyl (C=O) groups is 1. The van der Waals surface area contributed by atoms with Crippen LogP contribution in [0.2, 0.25) is 0 Å². The molecular formula is C12H16N2O4. The van der Waals surface area contributed by atoms with Gasteiger partial charge in [0.2, 0.25) is 0 Å². The number of fused-ring (bicyclic) bond motifs is 1. The van der Waals surface area contributed by atoms with Crippen LogP contribution < -0.4 is 15.4 Å². The van der Waals surface area contributed by atoms with Crippen LogP contribution >= 0.6 is 0 Å². The molecule has 0 bridgehead atoms. The molecule has 0 aliphatic carbocycles. The lowest BCUT2D eigenvalue weighted by Gasteiger charge is -2.34. The van der Waals surface area contributed by atoms with Gasteiger partial charge in [0.05, 0.1) is 24.9 Å². The highest BCUT2D eigenvalue weighted by Crippen LogP contribution is 2.38. The Morgan fingerprint density at radius 1 is 1.56 bits per heavy atom. The normalized spacial score (nSPS) is 20.3. The molecule has 0 radical (unpaired) electrons. The number of amides is 1. The average molecular weight is 252 g/mol. The lowest BCUT2D eigenvalue weighted by molar-refractivity contribution is -0.126. The number of aliphatic hydroxyl groups excluding tert-OH is 2. The number of nitrogens with two attached hydrogens (primary N) is 1. The molecule has 0 saturated carbocycles. The number of aliphatic hydroxyl groups is 2. The van der Waals surface area contributed by atoms with E-state index >= 15 is 0 Å². The van der Waals surface area contributed by atoms with Gasteiger partial charge in [-0.25, -0.2) is 0 Å². The third-order valence-electron chi connectivity index (χ3n) is 2.82. The fourth-order valence-electron chi connectivity index (χ4n) is 1.94. The summed E-state index contributed by atoms with van der Waals surface area (Å²) in [6.07, 6.45) is -1.64. The van der Waals surface area contributed by atoms with E-state index in [-0.39, 0.29) is 12.5 Å². The van der Waals surface area contributed by atoms with E-state index in [0.717, 1.165) is 0 Å². The standard InChI is InChI=1S/C12H16N2O4/c1-7-12(17)14(5-8(16)6-15)11-9(13)3-2-4-10(11)18-7/h2-4,7-8,15-16H,5-6,13H2,1H3. The first kappa shape index (κ1) is 12.7. The summed E-state index contributed by atoms with van der Waals surface area (Å²) in [5.74, 6) is 0.222. The Balaban J connectivity index is 2.41. The van der Waals surface area contributed by atoms with Gasteiger partial charge in [-0.1, -0.05) is 6.07 Å². The van der Waals surface area contributed by atoms with Crippen molar-refractivity contribution in [2.24, 2.45) is 0 Å². The summed E-state index contributed by atoms with van der Waals surface area (Å²) in [7, 11) is 0. The fraction of sp³-hybridized carbons (Fsp3) is 0.417. The molecule has 2 atom stereocenters. The first-order valence-corrected chi connectivity index (χ1v) is 5.70. The van der Waals surface area contributed by atoms with Gasteiger partial charge in [-0.05, 0) is 19.1 Å². The second-order valence-corrected chi connectivity index (χ2v) is 4.24. The minimum Gasteiger partial charge on any atom is -0.479 e. The summed E-state index contributed by atoms with van der Waals surface area (Å²) < 4.78 is 5.45. The summed E-state index contributed by atoms with van der Waals surface area (Å²) in [4.78, 5) is 13.4. The molecule has 18 heavy (non-hydrogen) atoms. The van der Waals surface area contributed by atoms with E-state index in [4.69, 9.17) is 15.6 Å². The number of para-hydroxylation sites is 1. The third kappa shape index (κ3) is 2.12. The van der Waals surface area contributed by atoms with Crippen LogP contribution in [0.5, 0.6) is 5.75 Å². The highest BCUT2D eigenvalue weighted by molar-refractivity contribution is 6.02. The first-order chi connectivity index (χ1) is 8.54. The molecule has 0 aromatic heterocycles. The molecule has 1 aromatic rings. The summed E-state index contributed by atoms with van der Waals surface area (Å²) in [6.45, 7) is 1.21. The Bertz CT molecular complexity index is 463. The van der Waals surface area contributed by atoms with Crippen molar-refractivity contribution in [3.8, 4) is 5.75 Å². The SMILES string of the molecule is CC1Oc2cccc(N)c2N(CC(O)CO)C1=O. The predicted octanol–water partition coefficient (Wildman–Crippen LogP) is -0.264. The van der Waals surface area contributed by atoms with Gasteiger partial charge in [-0.3, -0.25) is 4.79 Å². The highest BCUT2D eigenvalue weighted by Gasteiger charge is 2.33. The van der Waals surface area contributed by atoms with Gasteiger partial charge in [0, 0.05) is 0 Å². The van der Waals surface area contributed by atoms with Gasteiger partial charge in [0.15, 0.2) is 6.10 Å². The molecule has 1 heterocycles.